The van der Waals surface area contributed by atoms with Crippen LogP contribution in [0.1, 0.15) is 5.56 Å². The Labute approximate surface area is 92.8 Å². The van der Waals surface area contributed by atoms with Gasteiger partial charge in [-0.2, -0.15) is 17.6 Å². The molecule has 2 rings (SSSR count). The fourth-order valence-corrected chi connectivity index (χ4v) is 1.30. The zero-order valence-electron chi connectivity index (χ0n) is 8.25. The quantitative estimate of drug-likeness (QED) is 0.647. The highest BCUT2D eigenvalue weighted by molar-refractivity contribution is 5.44. The van der Waals surface area contributed by atoms with Crippen molar-refractivity contribution in [3.63, 3.8) is 0 Å². The summed E-state index contributed by atoms with van der Waals surface area (Å²) in [5.74, 6) is 3.83. The van der Waals surface area contributed by atoms with Crippen molar-refractivity contribution in [2.75, 3.05) is 0 Å². The molecule has 0 fully saturated rings. The van der Waals surface area contributed by atoms with Crippen molar-refractivity contribution in [2.24, 2.45) is 5.90 Å². The van der Waals surface area contributed by atoms with Crippen molar-refractivity contribution >= 4 is 0 Å². The second-order valence-corrected chi connectivity index (χ2v) is 3.33. The summed E-state index contributed by atoms with van der Waals surface area (Å²) in [6.45, 7) is -0.0708. The SMILES string of the molecule is NOCc1ccc2c(c1)OC(F)(F)C(F)(F)O2. The van der Waals surface area contributed by atoms with Gasteiger partial charge in [0.2, 0.25) is 0 Å². The van der Waals surface area contributed by atoms with Gasteiger partial charge in [0.15, 0.2) is 11.5 Å². The molecule has 0 radical (unpaired) electrons. The van der Waals surface area contributed by atoms with E-state index in [0.29, 0.717) is 5.56 Å². The lowest BCUT2D eigenvalue weighted by Gasteiger charge is -2.31. The molecule has 1 aliphatic heterocycles. The van der Waals surface area contributed by atoms with E-state index in [9.17, 15) is 17.6 Å². The van der Waals surface area contributed by atoms with E-state index in [1.807, 2.05) is 0 Å². The molecule has 0 spiro atoms. The molecule has 4 nitrogen and oxygen atoms in total. The summed E-state index contributed by atoms with van der Waals surface area (Å²) in [6, 6.07) is 3.51. The highest BCUT2D eigenvalue weighted by atomic mass is 19.3. The molecule has 94 valence electrons. The molecule has 1 aromatic carbocycles. The van der Waals surface area contributed by atoms with Crippen molar-refractivity contribution in [1.82, 2.24) is 0 Å². The Bertz CT molecular complexity index is 438. The Morgan fingerprint density at radius 1 is 1.06 bits per heavy atom. The Balaban J connectivity index is 2.36. The lowest BCUT2D eigenvalue weighted by atomic mass is 10.2. The van der Waals surface area contributed by atoms with Gasteiger partial charge in [-0.05, 0) is 17.7 Å². The van der Waals surface area contributed by atoms with Gasteiger partial charge in [-0.15, -0.1) is 0 Å². The molecule has 2 N–H and O–H groups in total. The second-order valence-electron chi connectivity index (χ2n) is 3.33. The van der Waals surface area contributed by atoms with Crippen molar-refractivity contribution in [3.8, 4) is 11.5 Å². The summed E-state index contributed by atoms with van der Waals surface area (Å²) in [7, 11) is 0. The normalized spacial score (nSPS) is 20.1. The molecule has 0 saturated heterocycles. The molecule has 0 unspecified atom stereocenters. The maximum atomic E-state index is 12.8. The van der Waals surface area contributed by atoms with E-state index in [1.165, 1.54) is 6.07 Å². The molecular weight excluding hydrogens is 246 g/mol. The number of hydrogen-bond acceptors (Lipinski definition) is 4. The van der Waals surface area contributed by atoms with E-state index in [1.54, 1.807) is 0 Å². The van der Waals surface area contributed by atoms with E-state index in [4.69, 9.17) is 5.90 Å². The number of hydrogen-bond donors (Lipinski definition) is 1. The molecule has 8 heteroatoms. The average molecular weight is 253 g/mol. The number of alkyl halides is 4. The van der Waals surface area contributed by atoms with Crippen LogP contribution in [0.15, 0.2) is 18.2 Å². The van der Waals surface area contributed by atoms with Crippen LogP contribution in [-0.2, 0) is 11.4 Å². The number of rotatable bonds is 2. The summed E-state index contributed by atoms with van der Waals surface area (Å²) in [5, 5.41) is 0. The first kappa shape index (κ1) is 11.9. The van der Waals surface area contributed by atoms with Crippen LogP contribution in [0.2, 0.25) is 0 Å². The maximum absolute atomic E-state index is 12.8. The monoisotopic (exact) mass is 253 g/mol. The minimum atomic E-state index is -4.72. The van der Waals surface area contributed by atoms with Crippen molar-refractivity contribution in [2.45, 2.75) is 18.8 Å². The summed E-state index contributed by atoms with van der Waals surface area (Å²) in [4.78, 5) is 4.28. The van der Waals surface area contributed by atoms with Crippen LogP contribution in [0, 0.1) is 0 Å². The molecule has 17 heavy (non-hydrogen) atoms. The van der Waals surface area contributed by atoms with E-state index in [0.717, 1.165) is 12.1 Å². The lowest BCUT2D eigenvalue weighted by Crippen LogP contribution is -2.52. The number of halogens is 4. The zero-order chi connectivity index (χ0) is 12.7. The molecule has 1 heterocycles. The summed E-state index contributed by atoms with van der Waals surface area (Å²) in [6.07, 6.45) is -9.42. The van der Waals surface area contributed by atoms with Gasteiger partial charge in [-0.3, -0.25) is 4.84 Å². The third kappa shape index (κ3) is 2.01. The Kier molecular flexibility index (Phi) is 2.63. The zero-order valence-corrected chi connectivity index (χ0v) is 8.25. The third-order valence-electron chi connectivity index (χ3n) is 2.07. The molecule has 0 amide bonds. The average Bonchev–Trinajstić information content (AvgIpc) is 2.20. The molecule has 1 aliphatic rings. The van der Waals surface area contributed by atoms with Crippen LogP contribution >= 0.6 is 0 Å². The van der Waals surface area contributed by atoms with E-state index >= 15 is 0 Å². The summed E-state index contributed by atoms with van der Waals surface area (Å²) in [5.41, 5.74) is 0.385. The largest absolute Gasteiger partial charge is 0.507 e. The van der Waals surface area contributed by atoms with Gasteiger partial charge in [0.25, 0.3) is 0 Å². The summed E-state index contributed by atoms with van der Waals surface area (Å²) >= 11 is 0. The molecule has 0 aliphatic carbocycles. The molecule has 1 aromatic rings. The van der Waals surface area contributed by atoms with E-state index < -0.39 is 23.7 Å². The minimum absolute atomic E-state index is 0.0708. The molecule has 0 aromatic heterocycles. The van der Waals surface area contributed by atoms with Crippen LogP contribution in [0.25, 0.3) is 0 Å². The predicted molar refractivity (Wildman–Crippen MR) is 46.6 cm³/mol. The number of benzene rings is 1. The lowest BCUT2D eigenvalue weighted by molar-refractivity contribution is -0.391. The number of fused-ring (bicyclic) bond motifs is 1. The van der Waals surface area contributed by atoms with Crippen LogP contribution < -0.4 is 15.4 Å². The second kappa shape index (κ2) is 3.74. The fraction of sp³-hybridized carbons (Fsp3) is 0.333. The number of nitrogens with two attached hydrogens (primary N) is 1. The number of ether oxygens (including phenoxy) is 2. The third-order valence-corrected chi connectivity index (χ3v) is 2.07. The van der Waals surface area contributed by atoms with E-state index in [2.05, 4.69) is 14.3 Å². The predicted octanol–water partition coefficient (Wildman–Crippen LogP) is 2.03. The van der Waals surface area contributed by atoms with Gasteiger partial charge in [-0.1, -0.05) is 6.07 Å². The first-order chi connectivity index (χ1) is 7.86. The van der Waals surface area contributed by atoms with Gasteiger partial charge in [0.1, 0.15) is 0 Å². The Morgan fingerprint density at radius 2 is 1.65 bits per heavy atom. The van der Waals surface area contributed by atoms with Crippen LogP contribution in [0.3, 0.4) is 0 Å². The Hall–Kier alpha value is -1.54. The molecule has 0 bridgehead atoms. The molecule has 0 atom stereocenters. The molecule has 0 saturated carbocycles. The maximum Gasteiger partial charge on any atom is 0.507 e. The van der Waals surface area contributed by atoms with Gasteiger partial charge in [0, 0.05) is 0 Å². The van der Waals surface area contributed by atoms with Gasteiger partial charge in [0.05, 0.1) is 6.61 Å². The van der Waals surface area contributed by atoms with Gasteiger partial charge < -0.3 is 9.47 Å². The summed E-state index contributed by atoms with van der Waals surface area (Å²) < 4.78 is 59.0. The molecular formula is C9H7F4NO3. The highest BCUT2D eigenvalue weighted by Crippen LogP contribution is 2.46. The topological polar surface area (TPSA) is 53.7 Å². The first-order valence-corrected chi connectivity index (χ1v) is 4.44. The van der Waals surface area contributed by atoms with Crippen LogP contribution in [0.5, 0.6) is 11.5 Å². The van der Waals surface area contributed by atoms with Crippen molar-refractivity contribution < 1.29 is 31.9 Å². The standard InChI is InChI=1S/C9H7F4NO3/c10-8(11)9(12,13)17-7-3-5(4-15-14)1-2-6(7)16-8/h1-3H,4,14H2. The van der Waals surface area contributed by atoms with Crippen molar-refractivity contribution in [3.05, 3.63) is 23.8 Å². The first-order valence-electron chi connectivity index (χ1n) is 4.44. The van der Waals surface area contributed by atoms with E-state index in [-0.39, 0.29) is 6.61 Å². The van der Waals surface area contributed by atoms with Crippen molar-refractivity contribution in [1.29, 1.82) is 0 Å². The van der Waals surface area contributed by atoms with Crippen LogP contribution in [0.4, 0.5) is 17.6 Å². The fourth-order valence-electron chi connectivity index (χ4n) is 1.30. The highest BCUT2D eigenvalue weighted by Gasteiger charge is 2.65. The van der Waals surface area contributed by atoms with Crippen LogP contribution in [-0.4, -0.2) is 12.2 Å². The van der Waals surface area contributed by atoms with Gasteiger partial charge in [-0.25, -0.2) is 5.90 Å². The minimum Gasteiger partial charge on any atom is -0.421 e. The van der Waals surface area contributed by atoms with Gasteiger partial charge >= 0.3 is 12.2 Å². The Morgan fingerprint density at radius 3 is 2.24 bits per heavy atom. The smallest absolute Gasteiger partial charge is 0.421 e.